The molecule has 1 heterocycles. The molecular weight excluding hydrogens is 692 g/mol. The normalized spacial score (nSPS) is 16.9. The van der Waals surface area contributed by atoms with Gasteiger partial charge in [0.25, 0.3) is 5.91 Å². The van der Waals surface area contributed by atoms with Crippen LogP contribution in [0.2, 0.25) is 0 Å². The van der Waals surface area contributed by atoms with Gasteiger partial charge in [-0.15, -0.1) is 0 Å². The summed E-state index contributed by atoms with van der Waals surface area (Å²) >= 11 is 3.48. The molecule has 250 valence electrons. The van der Waals surface area contributed by atoms with E-state index in [1.807, 2.05) is 78.9 Å². The standard InChI is InChI=1S/C39H34BrF2N3O4/c40-31-18-10-26(11-19-31)24-39(38(47)45-43-25-33-34(41)8-4-9-35(33)42)36(29-14-12-28(13-15-29)27-6-2-1-3-7-27)49-37(44-39)30-16-20-32(21-17-30)48-23-5-22-46/h1-4,6-21,36,43,46H,5,22-25H2,(H,45,47)/t36-,39-/m0/s1. The van der Waals surface area contributed by atoms with Crippen molar-refractivity contribution in [3.05, 3.63) is 160 Å². The van der Waals surface area contributed by atoms with Gasteiger partial charge >= 0.3 is 0 Å². The van der Waals surface area contributed by atoms with Gasteiger partial charge in [-0.05, 0) is 70.8 Å². The Kier molecular flexibility index (Phi) is 10.8. The van der Waals surface area contributed by atoms with Crippen molar-refractivity contribution in [1.82, 2.24) is 10.9 Å². The van der Waals surface area contributed by atoms with Crippen molar-refractivity contribution in [2.75, 3.05) is 13.2 Å². The number of carbonyl (C=O) groups is 1. The first-order chi connectivity index (χ1) is 23.9. The summed E-state index contributed by atoms with van der Waals surface area (Å²) in [4.78, 5) is 19.5. The van der Waals surface area contributed by atoms with Crippen LogP contribution in [0.15, 0.2) is 131 Å². The number of rotatable bonds is 13. The fourth-order valence-corrected chi connectivity index (χ4v) is 5.96. The lowest BCUT2D eigenvalue weighted by Gasteiger charge is -2.31. The van der Waals surface area contributed by atoms with E-state index < -0.39 is 29.2 Å². The van der Waals surface area contributed by atoms with E-state index in [-0.39, 0.29) is 31.0 Å². The average Bonchev–Trinajstić information content (AvgIpc) is 3.51. The molecule has 0 aliphatic carbocycles. The van der Waals surface area contributed by atoms with Gasteiger partial charge in [0.15, 0.2) is 11.6 Å². The van der Waals surface area contributed by atoms with Crippen LogP contribution in [0, 0.1) is 11.6 Å². The van der Waals surface area contributed by atoms with Crippen LogP contribution in [0.5, 0.6) is 5.75 Å². The van der Waals surface area contributed by atoms with Crippen LogP contribution >= 0.6 is 15.9 Å². The Balaban J connectivity index is 1.38. The van der Waals surface area contributed by atoms with Crippen LogP contribution in [0.4, 0.5) is 8.78 Å². The number of nitrogens with zero attached hydrogens (tertiary/aromatic N) is 1. The van der Waals surface area contributed by atoms with Crippen molar-refractivity contribution in [3.63, 3.8) is 0 Å². The van der Waals surface area contributed by atoms with Gasteiger partial charge in [-0.3, -0.25) is 10.2 Å². The molecule has 1 aliphatic heterocycles. The summed E-state index contributed by atoms with van der Waals surface area (Å²) in [6, 6.07) is 36.1. The molecule has 1 amide bonds. The lowest BCUT2D eigenvalue weighted by molar-refractivity contribution is -0.130. The maximum Gasteiger partial charge on any atom is 0.266 e. The van der Waals surface area contributed by atoms with Crippen LogP contribution in [-0.2, 0) is 22.5 Å². The van der Waals surface area contributed by atoms with Gasteiger partial charge in [-0.2, -0.15) is 0 Å². The number of aliphatic imine (C=N–C) groups is 1. The largest absolute Gasteiger partial charge is 0.494 e. The van der Waals surface area contributed by atoms with E-state index in [0.29, 0.717) is 24.3 Å². The summed E-state index contributed by atoms with van der Waals surface area (Å²) in [7, 11) is 0. The van der Waals surface area contributed by atoms with Crippen molar-refractivity contribution in [2.24, 2.45) is 4.99 Å². The van der Waals surface area contributed by atoms with Crippen molar-refractivity contribution in [2.45, 2.75) is 31.0 Å². The highest BCUT2D eigenvalue weighted by atomic mass is 79.9. The highest BCUT2D eigenvalue weighted by Crippen LogP contribution is 2.43. The molecule has 0 spiro atoms. The first kappa shape index (κ1) is 34.0. The highest BCUT2D eigenvalue weighted by Gasteiger charge is 2.53. The lowest BCUT2D eigenvalue weighted by Crippen LogP contribution is -2.53. The fourth-order valence-electron chi connectivity index (χ4n) is 5.70. The monoisotopic (exact) mass is 725 g/mol. The first-order valence-corrected chi connectivity index (χ1v) is 16.6. The van der Waals surface area contributed by atoms with Crippen molar-refractivity contribution >= 4 is 27.7 Å². The Hall–Kier alpha value is -4.90. The third kappa shape index (κ3) is 7.88. The number of carbonyl (C=O) groups excluding carboxylic acids is 1. The Bertz CT molecular complexity index is 1890. The maximum absolute atomic E-state index is 14.5. The number of aliphatic hydroxyl groups excluding tert-OH is 1. The van der Waals surface area contributed by atoms with E-state index in [4.69, 9.17) is 19.6 Å². The molecule has 0 radical (unpaired) electrons. The van der Waals surface area contributed by atoms with Crippen LogP contribution in [0.3, 0.4) is 0 Å². The van der Waals surface area contributed by atoms with Gasteiger partial charge in [0, 0.05) is 41.6 Å². The summed E-state index contributed by atoms with van der Waals surface area (Å²) in [5.41, 5.74) is 7.89. The maximum atomic E-state index is 14.5. The van der Waals surface area contributed by atoms with E-state index in [2.05, 4.69) is 26.8 Å². The molecule has 0 bridgehead atoms. The highest BCUT2D eigenvalue weighted by molar-refractivity contribution is 9.10. The first-order valence-electron chi connectivity index (χ1n) is 15.8. The minimum atomic E-state index is -1.53. The van der Waals surface area contributed by atoms with Crippen molar-refractivity contribution in [1.29, 1.82) is 0 Å². The van der Waals surface area contributed by atoms with Crippen molar-refractivity contribution < 1.29 is 28.2 Å². The minimum absolute atomic E-state index is 0.0308. The number of benzene rings is 5. The van der Waals surface area contributed by atoms with E-state index in [1.54, 1.807) is 24.3 Å². The van der Waals surface area contributed by atoms with Crippen LogP contribution in [-0.4, -0.2) is 35.7 Å². The molecule has 0 saturated heterocycles. The number of hydrogen-bond acceptors (Lipinski definition) is 6. The molecule has 0 unspecified atom stereocenters. The summed E-state index contributed by atoms with van der Waals surface area (Å²) in [6.07, 6.45) is -0.213. The molecule has 0 fully saturated rings. The van der Waals surface area contributed by atoms with Crippen LogP contribution in [0.25, 0.3) is 11.1 Å². The zero-order chi connectivity index (χ0) is 34.2. The van der Waals surface area contributed by atoms with E-state index >= 15 is 0 Å². The summed E-state index contributed by atoms with van der Waals surface area (Å²) in [5.74, 6) is -1.12. The SMILES string of the molecule is O=C(NNCc1c(F)cccc1F)[C@@]1(Cc2ccc(Br)cc2)N=C(c2ccc(OCCCO)cc2)O[C@H]1c1ccc(-c2ccccc2)cc1. The number of hydrogen-bond donors (Lipinski definition) is 3. The number of halogens is 3. The Morgan fingerprint density at radius 3 is 2.16 bits per heavy atom. The van der Waals surface area contributed by atoms with Crippen molar-refractivity contribution in [3.8, 4) is 16.9 Å². The van der Waals surface area contributed by atoms with Gasteiger partial charge in [0.2, 0.25) is 5.90 Å². The van der Waals surface area contributed by atoms with Gasteiger partial charge < -0.3 is 14.6 Å². The smallest absolute Gasteiger partial charge is 0.266 e. The second-order valence-electron chi connectivity index (χ2n) is 11.6. The fraction of sp³-hybridized carbons (Fsp3) is 0.179. The van der Waals surface area contributed by atoms with Crippen LogP contribution < -0.4 is 15.6 Å². The molecule has 7 nitrogen and oxygen atoms in total. The quantitative estimate of drug-likeness (QED) is 0.0866. The number of hydrazine groups is 1. The second-order valence-corrected chi connectivity index (χ2v) is 12.5. The molecule has 5 aromatic carbocycles. The van der Waals surface area contributed by atoms with Gasteiger partial charge in [-0.1, -0.05) is 88.7 Å². The third-order valence-electron chi connectivity index (χ3n) is 8.27. The number of amides is 1. The topological polar surface area (TPSA) is 92.2 Å². The Labute approximate surface area is 291 Å². The summed E-state index contributed by atoms with van der Waals surface area (Å²) in [6.45, 7) is 0.113. The molecule has 0 aromatic heterocycles. The van der Waals surface area contributed by atoms with Gasteiger partial charge in [0.05, 0.1) is 6.61 Å². The molecule has 1 aliphatic rings. The summed E-state index contributed by atoms with van der Waals surface area (Å²) in [5, 5.41) is 9.09. The second kappa shape index (κ2) is 15.5. The average molecular weight is 727 g/mol. The molecule has 2 atom stereocenters. The number of nitrogens with one attached hydrogen (secondary N) is 2. The number of ether oxygens (including phenoxy) is 2. The molecule has 0 saturated carbocycles. The predicted octanol–water partition coefficient (Wildman–Crippen LogP) is 7.48. The molecular formula is C39H34BrF2N3O4. The third-order valence-corrected chi connectivity index (χ3v) is 8.79. The lowest BCUT2D eigenvalue weighted by atomic mass is 9.82. The molecule has 49 heavy (non-hydrogen) atoms. The van der Waals surface area contributed by atoms with E-state index in [1.165, 1.54) is 6.07 Å². The molecule has 10 heteroatoms. The van der Waals surface area contributed by atoms with E-state index in [0.717, 1.165) is 38.9 Å². The van der Waals surface area contributed by atoms with Gasteiger partial charge in [-0.25, -0.2) is 19.2 Å². The molecule has 3 N–H and O–H groups in total. The summed E-state index contributed by atoms with van der Waals surface area (Å²) < 4.78 is 42.0. The van der Waals surface area contributed by atoms with Crippen LogP contribution in [0.1, 0.15) is 34.8 Å². The molecule has 5 aromatic rings. The Morgan fingerprint density at radius 1 is 0.837 bits per heavy atom. The molecule has 6 rings (SSSR count). The Morgan fingerprint density at radius 2 is 1.49 bits per heavy atom. The zero-order valence-electron chi connectivity index (χ0n) is 26.4. The number of aliphatic hydroxyl groups is 1. The van der Waals surface area contributed by atoms with E-state index in [9.17, 15) is 13.6 Å². The predicted molar refractivity (Wildman–Crippen MR) is 188 cm³/mol. The minimum Gasteiger partial charge on any atom is -0.494 e. The van der Waals surface area contributed by atoms with Gasteiger partial charge in [0.1, 0.15) is 17.4 Å². The zero-order valence-corrected chi connectivity index (χ0v) is 28.0.